The van der Waals surface area contributed by atoms with Crippen molar-refractivity contribution in [3.8, 4) is 0 Å². The van der Waals surface area contributed by atoms with E-state index < -0.39 is 29.2 Å². The van der Waals surface area contributed by atoms with Gasteiger partial charge in [-0.05, 0) is 24.5 Å². The van der Waals surface area contributed by atoms with Crippen molar-refractivity contribution in [2.75, 3.05) is 7.05 Å². The number of carbonyl (C=O) groups excluding carboxylic acids is 1. The van der Waals surface area contributed by atoms with Gasteiger partial charge in [-0.25, -0.2) is 9.18 Å². The molecule has 1 atom stereocenters. The van der Waals surface area contributed by atoms with E-state index in [9.17, 15) is 22.4 Å². The predicted octanol–water partition coefficient (Wildman–Crippen LogP) is 2.70. The van der Waals surface area contributed by atoms with Crippen LogP contribution in [0, 0.1) is 0 Å². The number of carboxylic acids is 1. The molecule has 1 aliphatic carbocycles. The summed E-state index contributed by atoms with van der Waals surface area (Å²) in [5, 5.41) is 7.12. The van der Waals surface area contributed by atoms with E-state index in [0.29, 0.717) is 0 Å². The average molecular weight is 357 g/mol. The van der Waals surface area contributed by atoms with Gasteiger partial charge < -0.3 is 10.0 Å². The number of amides is 1. The summed E-state index contributed by atoms with van der Waals surface area (Å²) in [4.78, 5) is 25.8. The topological polar surface area (TPSA) is 70.5 Å². The molecule has 2 rings (SSSR count). The second-order valence-corrected chi connectivity index (χ2v) is 5.16. The van der Waals surface area contributed by atoms with Crippen LogP contribution < -0.4 is 0 Å². The Hall–Kier alpha value is -1.90. The minimum atomic E-state index is -5.08. The SMILES string of the molecule is CN(C(=O)C(F)Cl)C1(c2cccnc2)CC1.O=C(O)C(F)(F)F. The van der Waals surface area contributed by atoms with Crippen LogP contribution in [0.3, 0.4) is 0 Å². The first kappa shape index (κ1) is 19.1. The molecule has 1 fully saturated rings. The summed E-state index contributed by atoms with van der Waals surface area (Å²) in [7, 11) is 1.58. The lowest BCUT2D eigenvalue weighted by Gasteiger charge is -2.28. The molecule has 1 aromatic rings. The quantitative estimate of drug-likeness (QED) is 0.667. The molecule has 5 nitrogen and oxygen atoms in total. The lowest BCUT2D eigenvalue weighted by atomic mass is 10.1. The van der Waals surface area contributed by atoms with E-state index in [-0.39, 0.29) is 0 Å². The van der Waals surface area contributed by atoms with Gasteiger partial charge in [-0.3, -0.25) is 9.78 Å². The molecule has 0 aliphatic heterocycles. The smallest absolute Gasteiger partial charge is 0.475 e. The van der Waals surface area contributed by atoms with Crippen LogP contribution in [0.4, 0.5) is 17.6 Å². The van der Waals surface area contributed by atoms with Crippen molar-refractivity contribution >= 4 is 23.5 Å². The number of aromatic nitrogens is 1. The number of nitrogens with zero attached hydrogens (tertiary/aromatic N) is 2. The van der Waals surface area contributed by atoms with Gasteiger partial charge in [-0.15, -0.1) is 0 Å². The van der Waals surface area contributed by atoms with Gasteiger partial charge in [0.1, 0.15) is 0 Å². The Morgan fingerprint density at radius 1 is 1.43 bits per heavy atom. The van der Waals surface area contributed by atoms with Gasteiger partial charge in [0.25, 0.3) is 11.5 Å². The summed E-state index contributed by atoms with van der Waals surface area (Å²) in [6.07, 6.45) is -0.0613. The normalized spacial score (nSPS) is 16.6. The fraction of sp³-hybridized carbons (Fsp3) is 0.462. The molecule has 23 heavy (non-hydrogen) atoms. The third kappa shape index (κ3) is 4.78. The Balaban J connectivity index is 0.000000322. The van der Waals surface area contributed by atoms with Crippen LogP contribution >= 0.6 is 11.6 Å². The lowest BCUT2D eigenvalue weighted by molar-refractivity contribution is -0.192. The molecule has 1 heterocycles. The van der Waals surface area contributed by atoms with E-state index in [1.54, 1.807) is 25.5 Å². The third-order valence-corrected chi connectivity index (χ3v) is 3.51. The molecule has 1 saturated carbocycles. The van der Waals surface area contributed by atoms with E-state index in [0.717, 1.165) is 18.4 Å². The molecule has 0 saturated heterocycles. The van der Waals surface area contributed by atoms with Gasteiger partial charge in [0, 0.05) is 19.4 Å². The molecule has 1 amide bonds. The number of hydrogen-bond donors (Lipinski definition) is 1. The van der Waals surface area contributed by atoms with Gasteiger partial charge in [0.05, 0.1) is 5.54 Å². The number of halogens is 5. The molecule has 0 aromatic carbocycles. The molecular formula is C13H13ClF4N2O3. The van der Waals surface area contributed by atoms with Gasteiger partial charge in [0.2, 0.25) is 0 Å². The fourth-order valence-electron chi connectivity index (χ4n) is 1.93. The van der Waals surface area contributed by atoms with Gasteiger partial charge in [-0.2, -0.15) is 13.2 Å². The molecule has 1 aliphatic rings. The molecule has 1 unspecified atom stereocenters. The molecular weight excluding hydrogens is 344 g/mol. The predicted molar refractivity (Wildman–Crippen MR) is 72.4 cm³/mol. The van der Waals surface area contributed by atoms with E-state index in [1.165, 1.54) is 4.90 Å². The highest BCUT2D eigenvalue weighted by Gasteiger charge is 2.51. The summed E-state index contributed by atoms with van der Waals surface area (Å²) in [5.74, 6) is -3.45. The Kier molecular flexibility index (Phi) is 5.92. The van der Waals surface area contributed by atoms with Crippen molar-refractivity contribution in [1.29, 1.82) is 0 Å². The number of carboxylic acid groups (broad SMARTS) is 1. The molecule has 0 radical (unpaired) electrons. The summed E-state index contributed by atoms with van der Waals surface area (Å²) < 4.78 is 44.5. The van der Waals surface area contributed by atoms with Crippen LogP contribution in [0.5, 0.6) is 0 Å². The minimum Gasteiger partial charge on any atom is -0.475 e. The monoisotopic (exact) mass is 356 g/mol. The maximum atomic E-state index is 12.8. The van der Waals surface area contributed by atoms with Crippen LogP contribution in [0.15, 0.2) is 24.5 Å². The highest BCUT2D eigenvalue weighted by Crippen LogP contribution is 2.50. The maximum Gasteiger partial charge on any atom is 0.490 e. The second kappa shape index (κ2) is 7.12. The van der Waals surface area contributed by atoms with Crippen molar-refractivity contribution in [1.82, 2.24) is 9.88 Å². The first-order valence-corrected chi connectivity index (χ1v) is 6.72. The van der Waals surface area contributed by atoms with Crippen LogP contribution in [-0.2, 0) is 15.1 Å². The second-order valence-electron chi connectivity index (χ2n) is 4.77. The molecule has 128 valence electrons. The average Bonchev–Trinajstić information content (AvgIpc) is 3.28. The summed E-state index contributed by atoms with van der Waals surface area (Å²) >= 11 is 5.17. The number of rotatable bonds is 3. The summed E-state index contributed by atoms with van der Waals surface area (Å²) in [5.41, 5.74) is -1.44. The maximum absolute atomic E-state index is 12.8. The van der Waals surface area contributed by atoms with Crippen molar-refractivity contribution in [3.05, 3.63) is 30.1 Å². The van der Waals surface area contributed by atoms with Gasteiger partial charge in [-0.1, -0.05) is 17.7 Å². The highest BCUT2D eigenvalue weighted by molar-refractivity contribution is 6.29. The van der Waals surface area contributed by atoms with Gasteiger partial charge in [0.15, 0.2) is 0 Å². The molecule has 10 heteroatoms. The van der Waals surface area contributed by atoms with Crippen molar-refractivity contribution in [2.45, 2.75) is 30.2 Å². The Morgan fingerprint density at radius 3 is 2.26 bits per heavy atom. The van der Waals surface area contributed by atoms with E-state index in [1.807, 2.05) is 6.07 Å². The minimum absolute atomic E-state index is 0.398. The zero-order valence-corrected chi connectivity index (χ0v) is 12.6. The highest BCUT2D eigenvalue weighted by atomic mass is 35.5. The van der Waals surface area contributed by atoms with Crippen molar-refractivity contribution < 1.29 is 32.3 Å². The van der Waals surface area contributed by atoms with Crippen molar-refractivity contribution in [3.63, 3.8) is 0 Å². The number of hydrogen-bond acceptors (Lipinski definition) is 3. The fourth-order valence-corrected chi connectivity index (χ4v) is 2.08. The third-order valence-electron chi connectivity index (χ3n) is 3.32. The number of carbonyl (C=O) groups is 2. The van der Waals surface area contributed by atoms with E-state index in [2.05, 4.69) is 4.98 Å². The number of alkyl halides is 5. The van der Waals surface area contributed by atoms with Crippen LogP contribution in [0.2, 0.25) is 0 Å². The number of pyridine rings is 1. The van der Waals surface area contributed by atoms with Crippen molar-refractivity contribution in [2.24, 2.45) is 0 Å². The molecule has 1 N–H and O–H groups in total. The summed E-state index contributed by atoms with van der Waals surface area (Å²) in [6, 6.07) is 3.70. The molecule has 1 aromatic heterocycles. The molecule has 0 spiro atoms. The largest absolute Gasteiger partial charge is 0.490 e. The summed E-state index contributed by atoms with van der Waals surface area (Å²) in [6.45, 7) is 0. The molecule has 0 bridgehead atoms. The van der Waals surface area contributed by atoms with E-state index in [4.69, 9.17) is 21.5 Å². The Bertz CT molecular complexity index is 562. The lowest BCUT2D eigenvalue weighted by Crippen LogP contribution is -2.40. The Morgan fingerprint density at radius 2 is 1.96 bits per heavy atom. The zero-order chi connectivity index (χ0) is 17.8. The van der Waals surface area contributed by atoms with Crippen LogP contribution in [0.25, 0.3) is 0 Å². The van der Waals surface area contributed by atoms with Gasteiger partial charge >= 0.3 is 12.1 Å². The zero-order valence-electron chi connectivity index (χ0n) is 11.8. The van der Waals surface area contributed by atoms with Crippen LogP contribution in [0.1, 0.15) is 18.4 Å². The Labute approximate surface area is 133 Å². The van der Waals surface area contributed by atoms with E-state index >= 15 is 0 Å². The number of aliphatic carboxylic acids is 1. The first-order chi connectivity index (χ1) is 10.5. The first-order valence-electron chi connectivity index (χ1n) is 6.29. The standard InChI is InChI=1S/C11H12ClFN2O.C2HF3O2/c1-15(10(16)9(12)13)11(4-5-11)8-3-2-6-14-7-8;3-2(4,5)1(6)7/h2-3,6-7,9H,4-5H2,1H3;(H,6,7). The van der Waals surface area contributed by atoms with Crippen LogP contribution in [-0.4, -0.2) is 45.7 Å².